The van der Waals surface area contributed by atoms with E-state index in [4.69, 9.17) is 22.0 Å². The van der Waals surface area contributed by atoms with Gasteiger partial charge in [-0.2, -0.15) is 4.98 Å². The monoisotopic (exact) mass is 308 g/mol. The average molecular weight is 308 g/mol. The number of H-pyrrole nitrogens is 1. The highest BCUT2D eigenvalue weighted by molar-refractivity contribution is 5.76. The largest absolute Gasteiger partial charge is 0.394 e. The number of rotatable bonds is 2. The molecular weight excluding hydrogens is 295 g/mol. The van der Waals surface area contributed by atoms with Gasteiger partial charge in [-0.1, -0.05) is 5.92 Å². The molecule has 0 aromatic carbocycles. The Morgan fingerprint density at radius 1 is 1.68 bits per heavy atom. The maximum atomic E-state index is 14.9. The van der Waals surface area contributed by atoms with Gasteiger partial charge in [0.25, 0.3) is 5.56 Å². The number of nitrogen functional groups attached to an aromatic ring is 1. The van der Waals surface area contributed by atoms with E-state index >= 15 is 0 Å². The Morgan fingerprint density at radius 3 is 3.05 bits per heavy atom. The molecule has 8 nitrogen and oxygen atoms in total. The zero-order chi connectivity index (χ0) is 16.1. The molecule has 22 heavy (non-hydrogen) atoms. The number of nitrogens with two attached hydrogens (primary N) is 1. The lowest BCUT2D eigenvalue weighted by Gasteiger charge is -2.24. The Hall–Kier alpha value is -2.41. The molecule has 0 bridgehead atoms. The zero-order valence-electron chi connectivity index (χ0n) is 11.2. The van der Waals surface area contributed by atoms with E-state index in [-0.39, 0.29) is 17.0 Å². The molecular formula is C13H13FN4O4. The third-order valence-corrected chi connectivity index (χ3v) is 3.70. The van der Waals surface area contributed by atoms with Gasteiger partial charge in [0.2, 0.25) is 11.6 Å². The molecule has 2 aromatic rings. The Morgan fingerprint density at radius 2 is 2.41 bits per heavy atom. The quantitative estimate of drug-likeness (QED) is 0.522. The number of aromatic nitrogens is 3. The van der Waals surface area contributed by atoms with E-state index in [2.05, 4.69) is 9.97 Å². The predicted octanol–water partition coefficient (Wildman–Crippen LogP) is -1.10. The number of aliphatic hydroxyl groups excluding tert-OH is 2. The van der Waals surface area contributed by atoms with Crippen LogP contribution in [0.1, 0.15) is 6.23 Å². The molecule has 1 saturated heterocycles. The van der Waals surface area contributed by atoms with Crippen LogP contribution in [0.25, 0.3) is 11.0 Å². The van der Waals surface area contributed by atoms with Crippen LogP contribution in [-0.2, 0) is 4.74 Å². The van der Waals surface area contributed by atoms with Crippen LogP contribution in [0, 0.1) is 12.3 Å². The molecule has 116 valence electrons. The predicted molar refractivity (Wildman–Crippen MR) is 74.4 cm³/mol. The highest BCUT2D eigenvalue weighted by atomic mass is 19.1. The number of ether oxygens (including phenoxy) is 1. The number of hydrogen-bond donors (Lipinski definition) is 4. The summed E-state index contributed by atoms with van der Waals surface area (Å²) in [7, 11) is 0. The molecule has 1 aliphatic heterocycles. The highest BCUT2D eigenvalue weighted by Gasteiger charge is 2.57. The molecule has 1 fully saturated rings. The number of halogens is 1. The Bertz CT molecular complexity index is 826. The number of anilines is 1. The molecule has 0 spiro atoms. The first-order valence-electron chi connectivity index (χ1n) is 6.39. The Kier molecular flexibility index (Phi) is 3.17. The average Bonchev–Trinajstić information content (AvgIpc) is 3.00. The third kappa shape index (κ3) is 1.82. The van der Waals surface area contributed by atoms with Crippen molar-refractivity contribution >= 4 is 17.0 Å². The van der Waals surface area contributed by atoms with Gasteiger partial charge in [-0.25, -0.2) is 4.39 Å². The van der Waals surface area contributed by atoms with E-state index in [1.54, 1.807) is 0 Å². The minimum atomic E-state index is -2.58. The lowest BCUT2D eigenvalue weighted by atomic mass is 9.97. The smallest absolute Gasteiger partial charge is 0.261 e. The molecule has 0 saturated carbocycles. The molecule has 5 N–H and O–H groups in total. The van der Waals surface area contributed by atoms with Crippen molar-refractivity contribution in [1.82, 2.24) is 14.5 Å². The normalized spacial score (nSPS) is 31.5. The molecule has 3 heterocycles. The van der Waals surface area contributed by atoms with Gasteiger partial charge in [0.15, 0.2) is 11.9 Å². The van der Waals surface area contributed by atoms with Crippen molar-refractivity contribution in [3.8, 4) is 12.3 Å². The van der Waals surface area contributed by atoms with Crippen molar-refractivity contribution in [2.75, 3.05) is 12.3 Å². The van der Waals surface area contributed by atoms with Crippen LogP contribution in [0.3, 0.4) is 0 Å². The number of aromatic amines is 1. The number of hydrogen-bond acceptors (Lipinski definition) is 6. The van der Waals surface area contributed by atoms with Gasteiger partial charge < -0.3 is 25.3 Å². The molecule has 0 amide bonds. The number of alkyl halides is 1. The van der Waals surface area contributed by atoms with Gasteiger partial charge in [-0.3, -0.25) is 9.78 Å². The second-order valence-corrected chi connectivity index (χ2v) is 4.98. The van der Waals surface area contributed by atoms with E-state index in [1.807, 2.05) is 5.92 Å². The fourth-order valence-corrected chi connectivity index (χ4v) is 2.57. The maximum absolute atomic E-state index is 14.9. The summed E-state index contributed by atoms with van der Waals surface area (Å²) in [6, 6.07) is 1.40. The summed E-state index contributed by atoms with van der Waals surface area (Å²) in [6.07, 6.45) is 2.20. The lowest BCUT2D eigenvalue weighted by Crippen LogP contribution is -2.42. The van der Waals surface area contributed by atoms with Gasteiger partial charge in [0, 0.05) is 6.20 Å². The second kappa shape index (κ2) is 4.81. The summed E-state index contributed by atoms with van der Waals surface area (Å²) in [5.74, 6) is 1.72. The zero-order valence-corrected chi connectivity index (χ0v) is 11.2. The minimum Gasteiger partial charge on any atom is -0.394 e. The second-order valence-electron chi connectivity index (χ2n) is 4.98. The van der Waals surface area contributed by atoms with Crippen molar-refractivity contribution in [3.63, 3.8) is 0 Å². The first kappa shape index (κ1) is 14.5. The van der Waals surface area contributed by atoms with E-state index < -0.39 is 36.3 Å². The van der Waals surface area contributed by atoms with Crippen molar-refractivity contribution in [1.29, 1.82) is 0 Å². The molecule has 2 unspecified atom stereocenters. The first-order valence-corrected chi connectivity index (χ1v) is 6.39. The van der Waals surface area contributed by atoms with Crippen molar-refractivity contribution in [2.24, 2.45) is 0 Å². The Balaban J connectivity index is 2.19. The van der Waals surface area contributed by atoms with Crippen LogP contribution < -0.4 is 11.3 Å². The van der Waals surface area contributed by atoms with Crippen molar-refractivity contribution in [2.45, 2.75) is 24.1 Å². The number of fused-ring (bicyclic) bond motifs is 1. The van der Waals surface area contributed by atoms with E-state index in [9.17, 15) is 14.3 Å². The number of aliphatic hydroxyl groups is 2. The van der Waals surface area contributed by atoms with Crippen LogP contribution in [-0.4, -0.2) is 49.2 Å². The summed E-state index contributed by atoms with van der Waals surface area (Å²) in [6.45, 7) is -0.611. The molecule has 0 radical (unpaired) electrons. The lowest BCUT2D eigenvalue weighted by molar-refractivity contribution is -0.0501. The van der Waals surface area contributed by atoms with Crippen molar-refractivity contribution < 1.29 is 19.3 Å². The molecule has 9 heteroatoms. The summed E-state index contributed by atoms with van der Waals surface area (Å²) in [5.41, 5.74) is 2.47. The standard InChI is InChI=1S/C13H13FN4O4/c1-2-13(14)8(20)7(5-19)22-11(13)18-4-3-6-9(18)16-12(15)17-10(6)21/h1,3-4,7-8,11,19-20H,5H2,(H3,15,16,17,21)/t7?,8?,11-,13-/m1/s1. The van der Waals surface area contributed by atoms with E-state index in [0.29, 0.717) is 0 Å². The van der Waals surface area contributed by atoms with Gasteiger partial charge in [0.05, 0.1) is 12.0 Å². The van der Waals surface area contributed by atoms with Crippen LogP contribution in [0.5, 0.6) is 0 Å². The molecule has 4 atom stereocenters. The third-order valence-electron chi connectivity index (χ3n) is 3.70. The van der Waals surface area contributed by atoms with Crippen molar-refractivity contribution in [3.05, 3.63) is 22.6 Å². The molecule has 2 aromatic heterocycles. The first-order chi connectivity index (χ1) is 10.4. The van der Waals surface area contributed by atoms with E-state index in [1.165, 1.54) is 16.8 Å². The SMILES string of the molecule is C#C[C@@]1(F)C(O)C(CO)O[C@H]1n1ccc2c(=O)[nH]c(N)nc21. The van der Waals surface area contributed by atoms with Gasteiger partial charge in [0.1, 0.15) is 12.2 Å². The number of terminal acetylenes is 1. The minimum absolute atomic E-state index is 0.0642. The summed E-state index contributed by atoms with van der Waals surface area (Å²) in [5, 5.41) is 19.3. The van der Waals surface area contributed by atoms with Crippen LogP contribution in [0.4, 0.5) is 10.3 Å². The molecule has 1 aliphatic rings. The molecule has 3 rings (SSSR count). The summed E-state index contributed by atoms with van der Waals surface area (Å²) in [4.78, 5) is 18.0. The van der Waals surface area contributed by atoms with Crippen LogP contribution in [0.2, 0.25) is 0 Å². The van der Waals surface area contributed by atoms with Crippen LogP contribution in [0.15, 0.2) is 17.1 Å². The molecule has 0 aliphatic carbocycles. The maximum Gasteiger partial charge on any atom is 0.261 e. The van der Waals surface area contributed by atoms with Gasteiger partial charge >= 0.3 is 0 Å². The number of nitrogens with one attached hydrogen (secondary N) is 1. The highest BCUT2D eigenvalue weighted by Crippen LogP contribution is 2.42. The van der Waals surface area contributed by atoms with Crippen LogP contribution >= 0.6 is 0 Å². The summed E-state index contributed by atoms with van der Waals surface area (Å²) >= 11 is 0. The fourth-order valence-electron chi connectivity index (χ4n) is 2.57. The fraction of sp³-hybridized carbons (Fsp3) is 0.385. The number of nitrogens with zero attached hydrogens (tertiary/aromatic N) is 2. The van der Waals surface area contributed by atoms with Gasteiger partial charge in [-0.05, 0) is 6.07 Å². The van der Waals surface area contributed by atoms with Gasteiger partial charge in [-0.15, -0.1) is 6.42 Å². The van der Waals surface area contributed by atoms with E-state index in [0.717, 1.165) is 0 Å². The summed E-state index contributed by atoms with van der Waals surface area (Å²) < 4.78 is 21.4. The topological polar surface area (TPSA) is 126 Å². The Labute approximate surface area is 123 Å².